The van der Waals surface area contributed by atoms with E-state index in [1.165, 1.54) is 25.7 Å². The van der Waals surface area contributed by atoms with E-state index in [1.807, 2.05) is 47.4 Å². The number of piperazine rings is 1. The third-order valence-electron chi connectivity index (χ3n) is 7.06. The molecule has 0 bridgehead atoms. The Balaban J connectivity index is 1.49. The maximum Gasteiger partial charge on any atom is 0.253 e. The van der Waals surface area contributed by atoms with Crippen LogP contribution >= 0.6 is 11.6 Å². The molecule has 1 saturated heterocycles. The van der Waals surface area contributed by atoms with Crippen LogP contribution in [0.3, 0.4) is 0 Å². The van der Waals surface area contributed by atoms with Crippen molar-refractivity contribution in [1.82, 2.24) is 14.7 Å². The highest BCUT2D eigenvalue weighted by Crippen LogP contribution is 2.30. The molecule has 2 aliphatic rings. The lowest BCUT2D eigenvalue weighted by atomic mass is 10.1. The van der Waals surface area contributed by atoms with Crippen molar-refractivity contribution >= 4 is 17.5 Å². The van der Waals surface area contributed by atoms with Crippen LogP contribution in [0.1, 0.15) is 55.5 Å². The zero-order chi connectivity index (χ0) is 23.2. The molecule has 0 radical (unpaired) electrons. The van der Waals surface area contributed by atoms with Crippen molar-refractivity contribution in [1.29, 1.82) is 0 Å². The molecule has 0 N–H and O–H groups in total. The Kier molecular flexibility index (Phi) is 8.29. The molecule has 2 aromatic rings. The molecule has 5 nitrogen and oxygen atoms in total. The predicted octanol–water partition coefficient (Wildman–Crippen LogP) is 5.67. The Labute approximate surface area is 203 Å². The Hall–Kier alpha value is -2.08. The summed E-state index contributed by atoms with van der Waals surface area (Å²) in [6.07, 6.45) is 5.33. The average Bonchev–Trinajstić information content (AvgIpc) is 3.38. The Morgan fingerprint density at radius 1 is 1.03 bits per heavy atom. The van der Waals surface area contributed by atoms with E-state index in [1.54, 1.807) is 0 Å². The molecule has 33 heavy (non-hydrogen) atoms. The van der Waals surface area contributed by atoms with Gasteiger partial charge in [0.25, 0.3) is 5.91 Å². The van der Waals surface area contributed by atoms with Crippen LogP contribution < -0.4 is 4.74 Å². The first-order valence-electron chi connectivity index (χ1n) is 12.4. The fraction of sp³-hybridized carbons (Fsp3) is 0.519. The molecule has 1 amide bonds. The molecule has 0 spiro atoms. The van der Waals surface area contributed by atoms with Crippen molar-refractivity contribution in [2.45, 2.75) is 52.1 Å². The maximum atomic E-state index is 13.4. The van der Waals surface area contributed by atoms with Crippen LogP contribution in [0, 0.1) is 0 Å². The lowest BCUT2D eigenvalue weighted by molar-refractivity contribution is 0.0573. The summed E-state index contributed by atoms with van der Waals surface area (Å²) < 4.78 is 6.19. The van der Waals surface area contributed by atoms with E-state index in [2.05, 4.69) is 23.6 Å². The number of hydrogen-bond acceptors (Lipinski definition) is 4. The zero-order valence-electron chi connectivity index (χ0n) is 19.9. The van der Waals surface area contributed by atoms with Crippen molar-refractivity contribution in [3.63, 3.8) is 0 Å². The summed E-state index contributed by atoms with van der Waals surface area (Å²) >= 11 is 6.14. The molecule has 0 aromatic heterocycles. The van der Waals surface area contributed by atoms with E-state index >= 15 is 0 Å². The van der Waals surface area contributed by atoms with E-state index in [9.17, 15) is 4.79 Å². The molecule has 1 aliphatic carbocycles. The van der Waals surface area contributed by atoms with Crippen molar-refractivity contribution in [2.75, 3.05) is 39.3 Å². The number of carbonyl (C=O) groups excluding carboxylic acids is 1. The van der Waals surface area contributed by atoms with Crippen molar-refractivity contribution in [3.8, 4) is 11.5 Å². The topological polar surface area (TPSA) is 36.0 Å². The highest BCUT2D eigenvalue weighted by Gasteiger charge is 2.28. The summed E-state index contributed by atoms with van der Waals surface area (Å²) in [6, 6.07) is 14.0. The summed E-state index contributed by atoms with van der Waals surface area (Å²) in [5.74, 6) is 1.59. The quantitative estimate of drug-likeness (QED) is 0.498. The van der Waals surface area contributed by atoms with Gasteiger partial charge in [-0.05, 0) is 62.3 Å². The third kappa shape index (κ3) is 6.08. The van der Waals surface area contributed by atoms with Crippen LogP contribution in [0.25, 0.3) is 0 Å². The summed E-state index contributed by atoms with van der Waals surface area (Å²) in [5, 5.41) is 0.640. The highest BCUT2D eigenvalue weighted by molar-refractivity contribution is 6.30. The van der Waals surface area contributed by atoms with Gasteiger partial charge in [-0.15, -0.1) is 0 Å². The minimum atomic E-state index is 0.121. The molecule has 0 atom stereocenters. The maximum absolute atomic E-state index is 13.4. The van der Waals surface area contributed by atoms with Gasteiger partial charge in [-0.25, -0.2) is 0 Å². The first kappa shape index (κ1) is 24.1. The number of halogens is 1. The molecule has 178 valence electrons. The Bertz CT molecular complexity index is 933. The second kappa shape index (κ2) is 11.4. The summed E-state index contributed by atoms with van der Waals surface area (Å²) in [4.78, 5) is 20.3. The normalized spacial score (nSPS) is 17.6. The van der Waals surface area contributed by atoms with Crippen LogP contribution in [0.15, 0.2) is 42.5 Å². The van der Waals surface area contributed by atoms with E-state index < -0.39 is 0 Å². The van der Waals surface area contributed by atoms with Gasteiger partial charge in [-0.1, -0.05) is 44.4 Å². The number of amides is 1. The second-order valence-electron chi connectivity index (χ2n) is 9.11. The van der Waals surface area contributed by atoms with E-state index in [0.29, 0.717) is 10.8 Å². The molecule has 0 unspecified atom stereocenters. The molecule has 4 rings (SSSR count). The van der Waals surface area contributed by atoms with Gasteiger partial charge in [-0.3, -0.25) is 14.6 Å². The van der Waals surface area contributed by atoms with Crippen LogP contribution in [0.5, 0.6) is 11.5 Å². The van der Waals surface area contributed by atoms with Gasteiger partial charge in [0.1, 0.15) is 11.5 Å². The molecule has 1 aliphatic heterocycles. The lowest BCUT2D eigenvalue weighted by Crippen LogP contribution is -2.51. The molecule has 2 aromatic carbocycles. The van der Waals surface area contributed by atoms with Gasteiger partial charge in [0.05, 0.1) is 0 Å². The summed E-state index contributed by atoms with van der Waals surface area (Å²) in [5.41, 5.74) is 1.76. The monoisotopic (exact) mass is 469 g/mol. The Morgan fingerprint density at radius 2 is 1.76 bits per heavy atom. The van der Waals surface area contributed by atoms with E-state index in [-0.39, 0.29) is 5.91 Å². The number of carbonyl (C=O) groups is 1. The number of nitrogens with zero attached hydrogens (tertiary/aromatic N) is 3. The van der Waals surface area contributed by atoms with Crippen molar-refractivity contribution < 1.29 is 9.53 Å². The van der Waals surface area contributed by atoms with Crippen molar-refractivity contribution in [3.05, 3.63) is 58.6 Å². The first-order chi connectivity index (χ1) is 16.1. The standard InChI is InChI=1S/C27H36ClN3O2/c1-3-29(4-2)20-22-18-21(12-13-26(22)33-25-11-7-8-23(28)19-25)27(32)31-16-14-30(15-17-31)24-9-5-6-10-24/h7-8,11-13,18-19,24H,3-6,9-10,14-17,20H2,1-2H3. The second-order valence-corrected chi connectivity index (χ2v) is 9.55. The van der Waals surface area contributed by atoms with Crippen LogP contribution in [0.2, 0.25) is 5.02 Å². The number of rotatable bonds is 8. The van der Waals surface area contributed by atoms with Crippen LogP contribution in [-0.4, -0.2) is 65.9 Å². The van der Waals surface area contributed by atoms with E-state index in [0.717, 1.165) is 68.7 Å². The number of ether oxygens (including phenoxy) is 1. The molecular weight excluding hydrogens is 434 g/mol. The molecule has 6 heteroatoms. The summed E-state index contributed by atoms with van der Waals surface area (Å²) in [6.45, 7) is 10.5. The van der Waals surface area contributed by atoms with Gasteiger partial charge in [0.2, 0.25) is 0 Å². The Morgan fingerprint density at radius 3 is 2.42 bits per heavy atom. The average molecular weight is 470 g/mol. The molecule has 1 saturated carbocycles. The first-order valence-corrected chi connectivity index (χ1v) is 12.8. The SMILES string of the molecule is CCN(CC)Cc1cc(C(=O)N2CCN(C3CCCC3)CC2)ccc1Oc1cccc(Cl)c1. The fourth-order valence-corrected chi connectivity index (χ4v) is 5.20. The largest absolute Gasteiger partial charge is 0.457 e. The van der Waals surface area contributed by atoms with Crippen molar-refractivity contribution in [2.24, 2.45) is 0 Å². The van der Waals surface area contributed by atoms with Gasteiger partial charge in [0.15, 0.2) is 0 Å². The molecule has 2 fully saturated rings. The third-order valence-corrected chi connectivity index (χ3v) is 7.30. The summed E-state index contributed by atoms with van der Waals surface area (Å²) in [7, 11) is 0. The van der Waals surface area contributed by atoms with Gasteiger partial charge in [0, 0.05) is 54.9 Å². The van der Waals surface area contributed by atoms with Gasteiger partial charge in [-0.2, -0.15) is 0 Å². The predicted molar refractivity (Wildman–Crippen MR) is 134 cm³/mol. The van der Waals surface area contributed by atoms with E-state index in [4.69, 9.17) is 16.3 Å². The number of benzene rings is 2. The minimum Gasteiger partial charge on any atom is -0.457 e. The van der Waals surface area contributed by atoms with Crippen LogP contribution in [-0.2, 0) is 6.54 Å². The van der Waals surface area contributed by atoms with Gasteiger partial charge >= 0.3 is 0 Å². The van der Waals surface area contributed by atoms with Crippen LogP contribution in [0.4, 0.5) is 0 Å². The smallest absolute Gasteiger partial charge is 0.253 e. The number of hydrogen-bond donors (Lipinski definition) is 0. The minimum absolute atomic E-state index is 0.121. The lowest BCUT2D eigenvalue weighted by Gasteiger charge is -2.38. The molecular formula is C27H36ClN3O2. The van der Waals surface area contributed by atoms with Gasteiger partial charge < -0.3 is 9.64 Å². The fourth-order valence-electron chi connectivity index (χ4n) is 5.02. The highest BCUT2D eigenvalue weighted by atomic mass is 35.5. The zero-order valence-corrected chi connectivity index (χ0v) is 20.7. The molecule has 1 heterocycles.